The molecule has 0 aromatic heterocycles. The van der Waals surface area contributed by atoms with Gasteiger partial charge in [0.2, 0.25) is 0 Å². The van der Waals surface area contributed by atoms with Crippen LogP contribution in [0.5, 0.6) is 11.5 Å². The third kappa shape index (κ3) is 2.71. The fourth-order valence-electron chi connectivity index (χ4n) is 2.55. The molecule has 0 saturated carbocycles. The number of fused-ring (bicyclic) bond motifs is 1. The molecule has 1 unspecified atom stereocenters. The Labute approximate surface area is 115 Å². The summed E-state index contributed by atoms with van der Waals surface area (Å²) in [6.07, 6.45) is 0.0893. The van der Waals surface area contributed by atoms with Crippen molar-refractivity contribution in [1.82, 2.24) is 0 Å². The Balaban J connectivity index is 2.65. The second-order valence-electron chi connectivity index (χ2n) is 6.92. The van der Waals surface area contributed by atoms with Crippen LogP contribution in [0.2, 0.25) is 0 Å². The third-order valence-electron chi connectivity index (χ3n) is 3.56. The van der Waals surface area contributed by atoms with Crippen molar-refractivity contribution in [2.45, 2.75) is 58.2 Å². The van der Waals surface area contributed by atoms with Crippen molar-refractivity contribution in [3.63, 3.8) is 0 Å². The standard InChI is InChI=1S/C16H24O3/c1-15(2,3)12-8-10(18-6)7-11-13(17)9-16(4,5)19-14(11)12/h7-8,13,17H,9H2,1-6H3. The van der Waals surface area contributed by atoms with Crippen LogP contribution in [-0.2, 0) is 5.41 Å². The molecule has 0 radical (unpaired) electrons. The van der Waals surface area contributed by atoms with Crippen molar-refractivity contribution >= 4 is 0 Å². The lowest BCUT2D eigenvalue weighted by Gasteiger charge is -2.38. The number of ether oxygens (including phenoxy) is 2. The van der Waals surface area contributed by atoms with Crippen LogP contribution in [0.4, 0.5) is 0 Å². The molecule has 0 bridgehead atoms. The van der Waals surface area contributed by atoms with Crippen LogP contribution >= 0.6 is 0 Å². The predicted molar refractivity (Wildman–Crippen MR) is 76.0 cm³/mol. The first-order chi connectivity index (χ1) is 8.64. The van der Waals surface area contributed by atoms with Gasteiger partial charge in [0.25, 0.3) is 0 Å². The Bertz CT molecular complexity index is 484. The van der Waals surface area contributed by atoms with Gasteiger partial charge in [-0.3, -0.25) is 0 Å². The number of hydrogen-bond donors (Lipinski definition) is 1. The van der Waals surface area contributed by atoms with E-state index in [0.29, 0.717) is 6.42 Å². The molecule has 2 rings (SSSR count). The molecule has 1 aromatic carbocycles. The van der Waals surface area contributed by atoms with E-state index in [-0.39, 0.29) is 11.0 Å². The first-order valence-corrected chi connectivity index (χ1v) is 6.73. The molecule has 1 heterocycles. The van der Waals surface area contributed by atoms with Crippen molar-refractivity contribution in [2.24, 2.45) is 0 Å². The first-order valence-electron chi connectivity index (χ1n) is 6.73. The average Bonchev–Trinajstić information content (AvgIpc) is 2.25. The highest BCUT2D eigenvalue weighted by atomic mass is 16.5. The summed E-state index contributed by atoms with van der Waals surface area (Å²) >= 11 is 0. The summed E-state index contributed by atoms with van der Waals surface area (Å²) in [5.74, 6) is 1.59. The van der Waals surface area contributed by atoms with Crippen molar-refractivity contribution in [1.29, 1.82) is 0 Å². The molecule has 3 heteroatoms. The number of methoxy groups -OCH3 is 1. The molecule has 1 aliphatic rings. The Morgan fingerprint density at radius 1 is 1.32 bits per heavy atom. The van der Waals surface area contributed by atoms with Gasteiger partial charge >= 0.3 is 0 Å². The van der Waals surface area contributed by atoms with E-state index in [1.54, 1.807) is 7.11 Å². The highest BCUT2D eigenvalue weighted by Crippen LogP contribution is 2.46. The summed E-state index contributed by atoms with van der Waals surface area (Å²) in [6, 6.07) is 3.89. The Kier molecular flexibility index (Phi) is 3.29. The summed E-state index contributed by atoms with van der Waals surface area (Å²) < 4.78 is 11.5. The zero-order valence-corrected chi connectivity index (χ0v) is 12.7. The number of aliphatic hydroxyl groups excluding tert-OH is 1. The van der Waals surface area contributed by atoms with Crippen LogP contribution in [0.1, 0.15) is 58.3 Å². The summed E-state index contributed by atoms with van der Waals surface area (Å²) in [4.78, 5) is 0. The number of hydrogen-bond acceptors (Lipinski definition) is 3. The molecule has 106 valence electrons. The molecule has 19 heavy (non-hydrogen) atoms. The van der Waals surface area contributed by atoms with Crippen LogP contribution in [0, 0.1) is 0 Å². The summed E-state index contributed by atoms with van der Waals surface area (Å²) in [5, 5.41) is 10.4. The normalized spacial score (nSPS) is 21.5. The second kappa shape index (κ2) is 4.41. The van der Waals surface area contributed by atoms with Crippen LogP contribution < -0.4 is 9.47 Å². The maximum Gasteiger partial charge on any atom is 0.129 e. The van der Waals surface area contributed by atoms with Gasteiger partial charge in [-0.25, -0.2) is 0 Å². The lowest BCUT2D eigenvalue weighted by molar-refractivity contribution is 0.00974. The fourth-order valence-corrected chi connectivity index (χ4v) is 2.55. The summed E-state index contributed by atoms with van der Waals surface area (Å²) in [7, 11) is 1.65. The molecular weight excluding hydrogens is 240 g/mol. The Morgan fingerprint density at radius 2 is 1.95 bits per heavy atom. The van der Waals surface area contributed by atoms with Crippen molar-refractivity contribution < 1.29 is 14.6 Å². The van der Waals surface area contributed by atoms with E-state index in [0.717, 1.165) is 22.6 Å². The minimum absolute atomic E-state index is 0.0637. The van der Waals surface area contributed by atoms with Gasteiger partial charge in [0.1, 0.15) is 17.1 Å². The van der Waals surface area contributed by atoms with Gasteiger partial charge in [0.15, 0.2) is 0 Å². The molecule has 3 nitrogen and oxygen atoms in total. The lowest BCUT2D eigenvalue weighted by Crippen LogP contribution is -2.36. The van der Waals surface area contributed by atoms with E-state index in [9.17, 15) is 5.11 Å². The molecule has 1 aromatic rings. The number of aliphatic hydroxyl groups is 1. The van der Waals surface area contributed by atoms with E-state index in [4.69, 9.17) is 9.47 Å². The molecule has 0 fully saturated rings. The van der Waals surface area contributed by atoms with E-state index in [1.165, 1.54) is 0 Å². The monoisotopic (exact) mass is 264 g/mol. The van der Waals surface area contributed by atoms with Gasteiger partial charge in [-0.1, -0.05) is 20.8 Å². The van der Waals surface area contributed by atoms with Crippen molar-refractivity contribution in [2.75, 3.05) is 7.11 Å². The van der Waals surface area contributed by atoms with E-state index in [2.05, 4.69) is 20.8 Å². The molecule has 1 aliphatic heterocycles. The molecular formula is C16H24O3. The molecule has 0 amide bonds. The SMILES string of the molecule is COc1cc2c(c(C(C)(C)C)c1)OC(C)(C)CC2O. The van der Waals surface area contributed by atoms with Gasteiger partial charge < -0.3 is 14.6 Å². The third-order valence-corrected chi connectivity index (χ3v) is 3.56. The van der Waals surface area contributed by atoms with Crippen LogP contribution in [0.25, 0.3) is 0 Å². The van der Waals surface area contributed by atoms with E-state index in [1.807, 2.05) is 26.0 Å². The quantitative estimate of drug-likeness (QED) is 0.842. The first kappa shape index (κ1) is 14.2. The Morgan fingerprint density at radius 3 is 2.47 bits per heavy atom. The minimum Gasteiger partial charge on any atom is -0.497 e. The minimum atomic E-state index is -0.505. The smallest absolute Gasteiger partial charge is 0.129 e. The summed E-state index contributed by atoms with van der Waals surface area (Å²) in [5.41, 5.74) is 1.50. The molecule has 0 spiro atoms. The van der Waals surface area contributed by atoms with Crippen LogP contribution in [-0.4, -0.2) is 17.8 Å². The van der Waals surface area contributed by atoms with Gasteiger partial charge in [0.05, 0.1) is 13.2 Å². The van der Waals surface area contributed by atoms with E-state index < -0.39 is 6.10 Å². The predicted octanol–water partition coefficient (Wildman–Crippen LogP) is 3.59. The van der Waals surface area contributed by atoms with Gasteiger partial charge in [-0.05, 0) is 31.4 Å². The van der Waals surface area contributed by atoms with Gasteiger partial charge in [0, 0.05) is 17.5 Å². The molecule has 0 aliphatic carbocycles. The fraction of sp³-hybridized carbons (Fsp3) is 0.625. The highest BCUT2D eigenvalue weighted by Gasteiger charge is 2.36. The zero-order valence-electron chi connectivity index (χ0n) is 12.7. The maximum atomic E-state index is 10.4. The second-order valence-corrected chi connectivity index (χ2v) is 6.92. The number of rotatable bonds is 1. The van der Waals surface area contributed by atoms with E-state index >= 15 is 0 Å². The van der Waals surface area contributed by atoms with Gasteiger partial charge in [-0.15, -0.1) is 0 Å². The topological polar surface area (TPSA) is 38.7 Å². The lowest BCUT2D eigenvalue weighted by atomic mass is 9.81. The van der Waals surface area contributed by atoms with Gasteiger partial charge in [-0.2, -0.15) is 0 Å². The van der Waals surface area contributed by atoms with Crippen molar-refractivity contribution in [3.8, 4) is 11.5 Å². The van der Waals surface area contributed by atoms with Crippen LogP contribution in [0.3, 0.4) is 0 Å². The van der Waals surface area contributed by atoms with Crippen LogP contribution in [0.15, 0.2) is 12.1 Å². The Hall–Kier alpha value is -1.22. The molecule has 1 atom stereocenters. The maximum absolute atomic E-state index is 10.4. The van der Waals surface area contributed by atoms with Crippen molar-refractivity contribution in [3.05, 3.63) is 23.3 Å². The molecule has 1 N–H and O–H groups in total. The molecule has 0 saturated heterocycles. The highest BCUT2D eigenvalue weighted by molar-refractivity contribution is 5.52. The average molecular weight is 264 g/mol. The summed E-state index contributed by atoms with van der Waals surface area (Å²) in [6.45, 7) is 10.4. The zero-order chi connectivity index (χ0) is 14.4. The largest absolute Gasteiger partial charge is 0.497 e. The number of benzene rings is 1.